The maximum absolute atomic E-state index is 12.2. The van der Waals surface area contributed by atoms with Crippen molar-refractivity contribution in [1.29, 1.82) is 0 Å². The smallest absolute Gasteiger partial charge is 0.303 e. The number of hydrogen-bond acceptors (Lipinski definition) is 9. The van der Waals surface area contributed by atoms with Gasteiger partial charge in [0.2, 0.25) is 23.6 Å². The molecule has 1 fully saturated rings. The van der Waals surface area contributed by atoms with Crippen molar-refractivity contribution in [2.75, 3.05) is 6.61 Å². The van der Waals surface area contributed by atoms with Crippen molar-refractivity contribution in [3.63, 3.8) is 0 Å². The predicted octanol–water partition coefficient (Wildman–Crippen LogP) is -2.24. The first-order chi connectivity index (χ1) is 16.4. The quantitative estimate of drug-likeness (QED) is 0.154. The number of aliphatic hydroxyl groups is 2. The fraction of sp³-hybridized carbons (Fsp3) is 0.773. The van der Waals surface area contributed by atoms with Gasteiger partial charge in [0.15, 0.2) is 0 Å². The summed E-state index contributed by atoms with van der Waals surface area (Å²) >= 11 is 0. The molecular formula is C22H40N4O10. The van der Waals surface area contributed by atoms with Crippen LogP contribution in [0.3, 0.4) is 0 Å². The molecule has 1 aliphatic rings. The van der Waals surface area contributed by atoms with E-state index in [1.54, 1.807) is 20.8 Å². The molecule has 0 spiro atoms. The molecule has 0 bridgehead atoms. The fourth-order valence-corrected chi connectivity index (χ4v) is 3.30. The van der Waals surface area contributed by atoms with E-state index in [0.717, 1.165) is 0 Å². The summed E-state index contributed by atoms with van der Waals surface area (Å²) in [7, 11) is 0. The first kappa shape index (κ1) is 33.2. The van der Waals surface area contributed by atoms with Crippen LogP contribution in [0, 0.1) is 5.92 Å². The average molecular weight is 521 g/mol. The van der Waals surface area contributed by atoms with Crippen LogP contribution in [0.5, 0.6) is 0 Å². The Kier molecular flexibility index (Phi) is 13.5. The molecule has 14 heteroatoms. The molecular weight excluding hydrogens is 480 g/mol. The van der Waals surface area contributed by atoms with Crippen LogP contribution in [0.15, 0.2) is 0 Å². The van der Waals surface area contributed by atoms with Crippen LogP contribution in [-0.4, -0.2) is 93.6 Å². The molecule has 0 aromatic carbocycles. The minimum Gasteiger partial charge on any atom is -0.481 e. The minimum absolute atomic E-state index is 0.00407. The van der Waals surface area contributed by atoms with E-state index < -0.39 is 72.4 Å². The Morgan fingerprint density at radius 3 is 2.06 bits per heavy atom. The van der Waals surface area contributed by atoms with Crippen LogP contribution in [0.25, 0.3) is 0 Å². The van der Waals surface area contributed by atoms with Crippen molar-refractivity contribution in [2.45, 2.75) is 96.5 Å². The van der Waals surface area contributed by atoms with Gasteiger partial charge in [-0.15, -0.1) is 0 Å². The number of carboxylic acid groups (broad SMARTS) is 1. The zero-order valence-corrected chi connectivity index (χ0v) is 21.5. The number of nitrogens with two attached hydrogens (primary N) is 2. The van der Waals surface area contributed by atoms with E-state index in [4.69, 9.17) is 26.0 Å². The van der Waals surface area contributed by atoms with Gasteiger partial charge in [-0.1, -0.05) is 6.92 Å². The number of hydrogen-bond donors (Lipinski definition) is 7. The van der Waals surface area contributed by atoms with E-state index in [0.29, 0.717) is 6.42 Å². The molecule has 1 heterocycles. The standard InChI is InChI=1S/C16H29N3O7.C6H11NO3/c1-7(14(17)23)18-15(24)8(2)25-12-11(22)10(6-20)26-16(4,5)13(12)19-9(3)21;1-4(6(7)10)2-3-5(8)9/h7-8,10-13,20,22H,6H2,1-5H3,(H2,17,23)(H,18,24)(H,19,21);4H,2-3H2,1H3,(H2,7,10)(H,8,9)/t7?,8?,10?,11-,12-,13?;/m1./s1. The summed E-state index contributed by atoms with van der Waals surface area (Å²) in [5.74, 6) is -3.34. The van der Waals surface area contributed by atoms with E-state index in [2.05, 4.69) is 10.6 Å². The Morgan fingerprint density at radius 1 is 1.08 bits per heavy atom. The Labute approximate surface area is 210 Å². The molecule has 7 atom stereocenters. The van der Waals surface area contributed by atoms with Crippen LogP contribution in [0.2, 0.25) is 0 Å². The number of rotatable bonds is 11. The SMILES string of the molecule is CC(=O)NC1[C@H](OC(C)C(=O)NC(C)C(N)=O)[C@H](O)C(CO)OC1(C)C.CC(CCC(=O)O)C(N)=O. The second kappa shape index (κ2) is 14.7. The molecule has 0 aromatic heterocycles. The molecule has 1 aliphatic heterocycles. The fourth-order valence-electron chi connectivity index (χ4n) is 3.30. The van der Waals surface area contributed by atoms with Crippen molar-refractivity contribution in [3.8, 4) is 0 Å². The maximum Gasteiger partial charge on any atom is 0.303 e. The summed E-state index contributed by atoms with van der Waals surface area (Å²) in [6, 6.07) is -1.66. The highest BCUT2D eigenvalue weighted by molar-refractivity contribution is 5.88. The van der Waals surface area contributed by atoms with Gasteiger partial charge in [-0.2, -0.15) is 0 Å². The molecule has 0 aromatic rings. The highest BCUT2D eigenvalue weighted by atomic mass is 16.6. The molecule has 0 saturated carbocycles. The van der Waals surface area contributed by atoms with E-state index in [1.165, 1.54) is 20.8 Å². The van der Waals surface area contributed by atoms with Crippen LogP contribution >= 0.6 is 0 Å². The summed E-state index contributed by atoms with van der Waals surface area (Å²) in [5, 5.41) is 33.2. The molecule has 1 rings (SSSR count). The Bertz CT molecular complexity index is 791. The summed E-state index contributed by atoms with van der Waals surface area (Å²) in [5.41, 5.74) is 9.03. The lowest BCUT2D eigenvalue weighted by Gasteiger charge is -2.49. The lowest BCUT2D eigenvalue weighted by atomic mass is 9.84. The third kappa shape index (κ3) is 10.8. The summed E-state index contributed by atoms with van der Waals surface area (Å²) in [6.07, 6.45) is -3.98. The molecule has 36 heavy (non-hydrogen) atoms. The van der Waals surface area contributed by atoms with Gasteiger partial charge in [0.25, 0.3) is 0 Å². The topological polar surface area (TPSA) is 241 Å². The van der Waals surface area contributed by atoms with Gasteiger partial charge in [0, 0.05) is 19.3 Å². The molecule has 208 valence electrons. The zero-order valence-electron chi connectivity index (χ0n) is 21.5. The Morgan fingerprint density at radius 2 is 1.64 bits per heavy atom. The number of carbonyl (C=O) groups excluding carboxylic acids is 4. The number of aliphatic carboxylic acids is 1. The number of aliphatic hydroxyl groups excluding tert-OH is 2. The highest BCUT2D eigenvalue weighted by Crippen LogP contribution is 2.32. The minimum atomic E-state index is -1.28. The number of nitrogens with one attached hydrogen (secondary N) is 2. The molecule has 0 aliphatic carbocycles. The van der Waals surface area contributed by atoms with Crippen molar-refractivity contribution < 1.29 is 48.8 Å². The molecule has 14 nitrogen and oxygen atoms in total. The average Bonchev–Trinajstić information content (AvgIpc) is 2.76. The second-order valence-corrected chi connectivity index (χ2v) is 9.22. The first-order valence-electron chi connectivity index (χ1n) is 11.4. The number of carboxylic acids is 1. The number of ether oxygens (including phenoxy) is 2. The van der Waals surface area contributed by atoms with Crippen LogP contribution in [0.1, 0.15) is 54.4 Å². The van der Waals surface area contributed by atoms with Gasteiger partial charge in [-0.05, 0) is 34.1 Å². The monoisotopic (exact) mass is 520 g/mol. The number of primary amides is 2. The molecule has 4 amide bonds. The van der Waals surface area contributed by atoms with E-state index in [1.807, 2.05) is 0 Å². The van der Waals surface area contributed by atoms with E-state index >= 15 is 0 Å². The number of amides is 4. The Hall–Kier alpha value is -2.81. The van der Waals surface area contributed by atoms with E-state index in [9.17, 15) is 34.2 Å². The van der Waals surface area contributed by atoms with E-state index in [-0.39, 0.29) is 18.2 Å². The normalized spacial score (nSPS) is 25.2. The van der Waals surface area contributed by atoms with Gasteiger partial charge >= 0.3 is 5.97 Å². The molecule has 0 radical (unpaired) electrons. The lowest BCUT2D eigenvalue weighted by molar-refractivity contribution is -0.243. The predicted molar refractivity (Wildman–Crippen MR) is 126 cm³/mol. The molecule has 9 N–H and O–H groups in total. The van der Waals surface area contributed by atoms with Gasteiger partial charge < -0.3 is 46.9 Å². The van der Waals surface area contributed by atoms with Gasteiger partial charge in [0.05, 0.1) is 18.2 Å². The first-order valence-corrected chi connectivity index (χ1v) is 11.4. The van der Waals surface area contributed by atoms with Crippen LogP contribution in [0.4, 0.5) is 0 Å². The summed E-state index contributed by atoms with van der Waals surface area (Å²) in [6.45, 7) is 8.69. The van der Waals surface area contributed by atoms with Crippen molar-refractivity contribution in [3.05, 3.63) is 0 Å². The Balaban J connectivity index is 0.00000103. The van der Waals surface area contributed by atoms with Crippen LogP contribution in [-0.2, 0) is 33.4 Å². The third-order valence-corrected chi connectivity index (χ3v) is 5.58. The third-order valence-electron chi connectivity index (χ3n) is 5.58. The van der Waals surface area contributed by atoms with Crippen molar-refractivity contribution in [1.82, 2.24) is 10.6 Å². The van der Waals surface area contributed by atoms with Crippen molar-refractivity contribution >= 4 is 29.6 Å². The second-order valence-electron chi connectivity index (χ2n) is 9.22. The highest BCUT2D eigenvalue weighted by Gasteiger charge is 2.51. The largest absolute Gasteiger partial charge is 0.481 e. The van der Waals surface area contributed by atoms with Gasteiger partial charge in [-0.3, -0.25) is 24.0 Å². The molecule has 5 unspecified atom stereocenters. The van der Waals surface area contributed by atoms with Crippen molar-refractivity contribution in [2.24, 2.45) is 17.4 Å². The zero-order chi connectivity index (χ0) is 28.4. The summed E-state index contributed by atoms with van der Waals surface area (Å²) in [4.78, 5) is 55.1. The lowest BCUT2D eigenvalue weighted by Crippen LogP contribution is -2.69. The van der Waals surface area contributed by atoms with Gasteiger partial charge in [0.1, 0.15) is 30.5 Å². The number of carbonyl (C=O) groups is 5. The maximum atomic E-state index is 12.2. The summed E-state index contributed by atoms with van der Waals surface area (Å²) < 4.78 is 11.4. The molecule has 1 saturated heterocycles. The van der Waals surface area contributed by atoms with Crippen LogP contribution < -0.4 is 22.1 Å². The van der Waals surface area contributed by atoms with Gasteiger partial charge in [-0.25, -0.2) is 0 Å².